The number of halogens is 1. The highest BCUT2D eigenvalue weighted by Crippen LogP contribution is 2.28. The van der Waals surface area contributed by atoms with Crippen LogP contribution >= 0.6 is 27.3 Å². The smallest absolute Gasteiger partial charge is 0.308 e. The second kappa shape index (κ2) is 6.45. The lowest BCUT2D eigenvalue weighted by molar-refractivity contribution is -0.142. The fourth-order valence-corrected chi connectivity index (χ4v) is 3.13. The summed E-state index contributed by atoms with van der Waals surface area (Å²) in [7, 11) is 0. The van der Waals surface area contributed by atoms with Crippen molar-refractivity contribution in [2.24, 2.45) is 11.8 Å². The molecule has 0 amide bonds. The Hall–Kier alpha value is -1.28. The predicted molar refractivity (Wildman–Crippen MR) is 79.4 cm³/mol. The highest BCUT2D eigenvalue weighted by atomic mass is 79.9. The van der Waals surface area contributed by atoms with Gasteiger partial charge in [-0.05, 0) is 44.8 Å². The van der Waals surface area contributed by atoms with Crippen molar-refractivity contribution in [1.29, 1.82) is 0 Å². The van der Waals surface area contributed by atoms with Crippen LogP contribution in [0, 0.1) is 11.8 Å². The zero-order chi connectivity index (χ0) is 14.7. The first-order valence-corrected chi connectivity index (χ1v) is 7.88. The van der Waals surface area contributed by atoms with E-state index in [1.54, 1.807) is 4.68 Å². The molecule has 2 aromatic heterocycles. The monoisotopic (exact) mass is 358 g/mol. The Morgan fingerprint density at radius 2 is 2.30 bits per heavy atom. The molecule has 0 saturated carbocycles. The average Bonchev–Trinajstić information content (AvgIpc) is 2.96. The lowest BCUT2D eigenvalue weighted by atomic mass is 9.97. The Kier molecular flexibility index (Phi) is 4.87. The molecule has 1 atom stereocenters. The minimum Gasteiger partial charge on any atom is -0.481 e. The van der Waals surface area contributed by atoms with Gasteiger partial charge in [-0.15, -0.1) is 16.4 Å². The molecule has 0 bridgehead atoms. The molecular weight excluding hydrogens is 344 g/mol. The van der Waals surface area contributed by atoms with Crippen LogP contribution in [0.4, 0.5) is 0 Å². The Labute approximate surface area is 128 Å². The molecule has 8 heteroatoms. The van der Waals surface area contributed by atoms with Gasteiger partial charge in [0.1, 0.15) is 0 Å². The summed E-state index contributed by atoms with van der Waals surface area (Å²) in [6.07, 6.45) is 0.599. The summed E-state index contributed by atoms with van der Waals surface area (Å²) in [5.41, 5.74) is 0.889. The van der Waals surface area contributed by atoms with Crippen LogP contribution in [0.2, 0.25) is 0 Å². The largest absolute Gasteiger partial charge is 0.481 e. The summed E-state index contributed by atoms with van der Waals surface area (Å²) in [6, 6.07) is 1.92. The number of carboxylic acid groups (broad SMARTS) is 1. The van der Waals surface area contributed by atoms with Gasteiger partial charge in [0.15, 0.2) is 5.82 Å². The SMILES string of the molecule is CC(C)CC(Cn1nnnc1-c1csc(Br)c1)C(=O)O. The van der Waals surface area contributed by atoms with Crippen molar-refractivity contribution in [3.05, 3.63) is 15.2 Å². The van der Waals surface area contributed by atoms with Gasteiger partial charge < -0.3 is 5.11 Å². The van der Waals surface area contributed by atoms with E-state index in [-0.39, 0.29) is 6.54 Å². The standard InChI is InChI=1S/C12H15BrN4O2S/c1-7(2)3-8(12(18)19)5-17-11(14-15-16-17)9-4-10(13)20-6-9/h4,6-8H,3,5H2,1-2H3,(H,18,19). The molecule has 0 aliphatic rings. The first-order valence-electron chi connectivity index (χ1n) is 6.20. The van der Waals surface area contributed by atoms with Crippen molar-refractivity contribution in [2.45, 2.75) is 26.8 Å². The summed E-state index contributed by atoms with van der Waals surface area (Å²) >= 11 is 4.93. The third-order valence-electron chi connectivity index (χ3n) is 2.86. The number of carbonyl (C=O) groups is 1. The maximum Gasteiger partial charge on any atom is 0.308 e. The fourth-order valence-electron chi connectivity index (χ4n) is 1.99. The van der Waals surface area contributed by atoms with E-state index in [9.17, 15) is 9.90 Å². The maximum atomic E-state index is 11.3. The second-order valence-electron chi connectivity index (χ2n) is 4.99. The van der Waals surface area contributed by atoms with Crippen LogP contribution in [0.3, 0.4) is 0 Å². The first kappa shape index (κ1) is 15.1. The Morgan fingerprint density at radius 1 is 1.55 bits per heavy atom. The highest BCUT2D eigenvalue weighted by molar-refractivity contribution is 9.11. The van der Waals surface area contributed by atoms with Crippen LogP contribution in [0.1, 0.15) is 20.3 Å². The van der Waals surface area contributed by atoms with Crippen LogP contribution in [0.15, 0.2) is 15.2 Å². The van der Waals surface area contributed by atoms with Crippen LogP contribution in [-0.2, 0) is 11.3 Å². The number of aliphatic carboxylic acids is 1. The lowest BCUT2D eigenvalue weighted by Gasteiger charge is -2.14. The van der Waals surface area contributed by atoms with Gasteiger partial charge >= 0.3 is 5.97 Å². The number of hydrogen-bond donors (Lipinski definition) is 1. The first-order chi connectivity index (χ1) is 9.47. The number of nitrogens with zero attached hydrogens (tertiary/aromatic N) is 4. The average molecular weight is 359 g/mol. The molecule has 0 fully saturated rings. The minimum absolute atomic E-state index is 0.281. The molecule has 2 heterocycles. The van der Waals surface area contributed by atoms with Crippen molar-refractivity contribution in [3.63, 3.8) is 0 Å². The Bertz CT molecular complexity index is 596. The van der Waals surface area contributed by atoms with Gasteiger partial charge in [-0.1, -0.05) is 13.8 Å². The van der Waals surface area contributed by atoms with Crippen LogP contribution < -0.4 is 0 Å². The molecule has 108 valence electrons. The van der Waals surface area contributed by atoms with Gasteiger partial charge in [-0.3, -0.25) is 4.79 Å². The summed E-state index contributed by atoms with van der Waals surface area (Å²) in [4.78, 5) is 11.3. The predicted octanol–water partition coefficient (Wildman–Crippen LogP) is 2.91. The Morgan fingerprint density at radius 3 is 2.85 bits per heavy atom. The second-order valence-corrected chi connectivity index (χ2v) is 7.28. The summed E-state index contributed by atoms with van der Waals surface area (Å²) < 4.78 is 2.55. The number of carboxylic acids is 1. The third-order valence-corrected chi connectivity index (χ3v) is 4.36. The molecule has 0 aliphatic carbocycles. The number of rotatable bonds is 6. The van der Waals surface area contributed by atoms with Gasteiger partial charge in [0.25, 0.3) is 0 Å². The number of thiophene rings is 1. The number of aromatic nitrogens is 4. The van der Waals surface area contributed by atoms with Crippen LogP contribution in [0.25, 0.3) is 11.4 Å². The Balaban J connectivity index is 2.21. The summed E-state index contributed by atoms with van der Waals surface area (Å²) in [5, 5.41) is 22.8. The number of hydrogen-bond acceptors (Lipinski definition) is 5. The molecule has 0 saturated heterocycles. The molecular formula is C12H15BrN4O2S. The van der Waals surface area contributed by atoms with E-state index >= 15 is 0 Å². The minimum atomic E-state index is -0.813. The van der Waals surface area contributed by atoms with E-state index in [0.717, 1.165) is 9.35 Å². The van der Waals surface area contributed by atoms with Crippen molar-refractivity contribution >= 4 is 33.2 Å². The molecule has 20 heavy (non-hydrogen) atoms. The summed E-state index contributed by atoms with van der Waals surface area (Å²) in [6.45, 7) is 4.29. The molecule has 0 aromatic carbocycles. The van der Waals surface area contributed by atoms with E-state index in [2.05, 4.69) is 31.5 Å². The van der Waals surface area contributed by atoms with Gasteiger partial charge in [0.05, 0.1) is 16.2 Å². The fraction of sp³-hybridized carbons (Fsp3) is 0.500. The molecule has 2 aromatic rings. The van der Waals surface area contributed by atoms with Crippen LogP contribution in [-0.4, -0.2) is 31.3 Å². The molecule has 0 aliphatic heterocycles. The molecule has 0 radical (unpaired) electrons. The third kappa shape index (κ3) is 3.63. The number of tetrazole rings is 1. The van der Waals surface area contributed by atoms with Crippen LogP contribution in [0.5, 0.6) is 0 Å². The molecule has 1 unspecified atom stereocenters. The quantitative estimate of drug-likeness (QED) is 0.858. The topological polar surface area (TPSA) is 80.9 Å². The van der Waals surface area contributed by atoms with Gasteiger partial charge in [-0.25, -0.2) is 4.68 Å². The zero-order valence-corrected chi connectivity index (χ0v) is 13.6. The van der Waals surface area contributed by atoms with E-state index in [4.69, 9.17) is 0 Å². The molecule has 6 nitrogen and oxygen atoms in total. The van der Waals surface area contributed by atoms with Gasteiger partial charge in [0, 0.05) is 10.9 Å². The zero-order valence-electron chi connectivity index (χ0n) is 11.2. The van der Waals surface area contributed by atoms with E-state index in [0.29, 0.717) is 18.2 Å². The normalized spacial score (nSPS) is 12.8. The highest BCUT2D eigenvalue weighted by Gasteiger charge is 2.22. The van der Waals surface area contributed by atoms with Crippen molar-refractivity contribution in [3.8, 4) is 11.4 Å². The van der Waals surface area contributed by atoms with Crippen molar-refractivity contribution in [1.82, 2.24) is 20.2 Å². The van der Waals surface area contributed by atoms with Gasteiger partial charge in [0.2, 0.25) is 0 Å². The maximum absolute atomic E-state index is 11.3. The lowest BCUT2D eigenvalue weighted by Crippen LogP contribution is -2.23. The molecule has 1 N–H and O–H groups in total. The molecule has 0 spiro atoms. The van der Waals surface area contributed by atoms with E-state index in [1.165, 1.54) is 11.3 Å². The van der Waals surface area contributed by atoms with Crippen molar-refractivity contribution in [2.75, 3.05) is 0 Å². The van der Waals surface area contributed by atoms with E-state index < -0.39 is 11.9 Å². The molecule has 2 rings (SSSR count). The summed E-state index contributed by atoms with van der Waals surface area (Å²) in [5.74, 6) is -0.390. The van der Waals surface area contributed by atoms with E-state index in [1.807, 2.05) is 25.3 Å². The van der Waals surface area contributed by atoms with Gasteiger partial charge in [-0.2, -0.15) is 0 Å². The van der Waals surface area contributed by atoms with Crippen molar-refractivity contribution < 1.29 is 9.90 Å².